The average molecular weight is 434 g/mol. The Bertz CT molecular complexity index is 1200. The topological polar surface area (TPSA) is 46.8 Å². The van der Waals surface area contributed by atoms with Gasteiger partial charge < -0.3 is 4.74 Å². The number of methoxy groups -OCH3 is 1. The molecular formula is C25H27N3O2S. The number of fused-ring (bicyclic) bond motifs is 1. The second kappa shape index (κ2) is 9.45. The van der Waals surface area contributed by atoms with Crippen molar-refractivity contribution in [3.05, 3.63) is 98.2 Å². The van der Waals surface area contributed by atoms with Gasteiger partial charge in [0.05, 0.1) is 12.8 Å². The van der Waals surface area contributed by atoms with E-state index in [1.54, 1.807) is 28.9 Å². The van der Waals surface area contributed by atoms with Crippen molar-refractivity contribution < 1.29 is 4.74 Å². The second-order valence-corrected chi connectivity index (χ2v) is 8.94. The molecule has 1 aromatic carbocycles. The minimum atomic E-state index is -0.0426. The molecule has 1 atom stereocenters. The first-order valence-corrected chi connectivity index (χ1v) is 11.3. The van der Waals surface area contributed by atoms with Crippen LogP contribution in [0.2, 0.25) is 0 Å². The molecule has 0 aliphatic heterocycles. The highest BCUT2D eigenvalue weighted by Crippen LogP contribution is 2.20. The van der Waals surface area contributed by atoms with E-state index in [0.29, 0.717) is 18.2 Å². The number of hydrogen-bond donors (Lipinski definition) is 0. The van der Waals surface area contributed by atoms with Crippen LogP contribution >= 0.6 is 11.3 Å². The monoisotopic (exact) mass is 433 g/mol. The molecular weight excluding hydrogens is 406 g/mol. The predicted molar refractivity (Wildman–Crippen MR) is 126 cm³/mol. The fourth-order valence-electron chi connectivity index (χ4n) is 3.73. The van der Waals surface area contributed by atoms with Gasteiger partial charge in [-0.2, -0.15) is 0 Å². The molecule has 0 spiro atoms. The van der Waals surface area contributed by atoms with Crippen LogP contribution in [-0.2, 0) is 19.5 Å². The molecule has 0 aliphatic rings. The average Bonchev–Trinajstić information content (AvgIpc) is 3.27. The van der Waals surface area contributed by atoms with E-state index in [9.17, 15) is 4.79 Å². The first-order chi connectivity index (χ1) is 15.0. The van der Waals surface area contributed by atoms with E-state index >= 15 is 0 Å². The van der Waals surface area contributed by atoms with E-state index in [-0.39, 0.29) is 5.56 Å². The van der Waals surface area contributed by atoms with Crippen molar-refractivity contribution >= 4 is 17.0 Å². The molecule has 3 heterocycles. The van der Waals surface area contributed by atoms with Gasteiger partial charge in [0.1, 0.15) is 11.4 Å². The SMILES string of the molecule is COc1ccc(CN(Cc2cc(=O)n3cc(C)ccc3n2)[C@H](C)Cc2cccs2)cc1. The molecule has 0 bridgehead atoms. The zero-order valence-electron chi connectivity index (χ0n) is 18.1. The molecule has 4 rings (SSSR count). The molecule has 5 nitrogen and oxygen atoms in total. The third-order valence-electron chi connectivity index (χ3n) is 5.47. The summed E-state index contributed by atoms with van der Waals surface area (Å²) in [6.07, 6.45) is 2.79. The first kappa shape index (κ1) is 21.3. The molecule has 31 heavy (non-hydrogen) atoms. The standard InChI is InChI=1S/C25H27N3O2S/c1-18-6-11-24-26-21(14-25(29)28(24)15-18)17-27(19(2)13-23-5-4-12-31-23)16-20-7-9-22(30-3)10-8-20/h4-12,14-15,19H,13,16-17H2,1-3H3/t19-/m1/s1. The van der Waals surface area contributed by atoms with Gasteiger partial charge in [0, 0.05) is 36.3 Å². The van der Waals surface area contributed by atoms with Crippen LogP contribution in [0.3, 0.4) is 0 Å². The molecule has 0 saturated heterocycles. The van der Waals surface area contributed by atoms with Crippen LogP contribution in [0.4, 0.5) is 0 Å². The van der Waals surface area contributed by atoms with Crippen molar-refractivity contribution in [2.24, 2.45) is 0 Å². The Hall–Kier alpha value is -2.96. The molecule has 0 radical (unpaired) electrons. The summed E-state index contributed by atoms with van der Waals surface area (Å²) < 4.78 is 6.90. The van der Waals surface area contributed by atoms with Crippen LogP contribution in [0.1, 0.15) is 28.6 Å². The van der Waals surface area contributed by atoms with Gasteiger partial charge in [-0.05, 0) is 61.0 Å². The summed E-state index contributed by atoms with van der Waals surface area (Å²) in [5, 5.41) is 2.11. The van der Waals surface area contributed by atoms with Crippen molar-refractivity contribution in [2.75, 3.05) is 7.11 Å². The lowest BCUT2D eigenvalue weighted by molar-refractivity contribution is 0.188. The Labute approximate surface area is 186 Å². The fraction of sp³-hybridized carbons (Fsp3) is 0.280. The molecule has 0 amide bonds. The fourth-order valence-corrected chi connectivity index (χ4v) is 4.56. The van der Waals surface area contributed by atoms with Gasteiger partial charge in [-0.3, -0.25) is 14.1 Å². The molecule has 6 heteroatoms. The van der Waals surface area contributed by atoms with E-state index in [0.717, 1.165) is 30.0 Å². The normalized spacial score (nSPS) is 12.4. The third kappa shape index (κ3) is 5.21. The molecule has 0 saturated carbocycles. The number of nitrogens with zero attached hydrogens (tertiary/aromatic N) is 3. The maximum absolute atomic E-state index is 12.7. The number of hydrogen-bond acceptors (Lipinski definition) is 5. The summed E-state index contributed by atoms with van der Waals surface area (Å²) >= 11 is 1.78. The molecule has 0 aliphatic carbocycles. The number of ether oxygens (including phenoxy) is 1. The first-order valence-electron chi connectivity index (χ1n) is 10.4. The zero-order chi connectivity index (χ0) is 21.8. The van der Waals surface area contributed by atoms with E-state index in [1.807, 2.05) is 37.4 Å². The number of thiophene rings is 1. The van der Waals surface area contributed by atoms with E-state index in [1.165, 1.54) is 10.4 Å². The highest BCUT2D eigenvalue weighted by molar-refractivity contribution is 7.09. The van der Waals surface area contributed by atoms with Gasteiger partial charge in [-0.15, -0.1) is 11.3 Å². The van der Waals surface area contributed by atoms with Gasteiger partial charge in [-0.25, -0.2) is 4.98 Å². The lowest BCUT2D eigenvalue weighted by Crippen LogP contribution is -2.34. The van der Waals surface area contributed by atoms with Gasteiger partial charge in [0.2, 0.25) is 0 Å². The van der Waals surface area contributed by atoms with Crippen LogP contribution in [0.5, 0.6) is 5.75 Å². The summed E-state index contributed by atoms with van der Waals surface area (Å²) in [6.45, 7) is 5.59. The van der Waals surface area contributed by atoms with Crippen molar-refractivity contribution in [3.8, 4) is 5.75 Å². The molecule has 0 N–H and O–H groups in total. The summed E-state index contributed by atoms with van der Waals surface area (Å²) in [6, 6.07) is 18.3. The quantitative estimate of drug-likeness (QED) is 0.404. The molecule has 0 fully saturated rings. The summed E-state index contributed by atoms with van der Waals surface area (Å²) in [7, 11) is 1.68. The lowest BCUT2D eigenvalue weighted by atomic mass is 10.1. The van der Waals surface area contributed by atoms with Crippen LogP contribution in [0.15, 0.2) is 71.0 Å². The van der Waals surface area contributed by atoms with Gasteiger partial charge in [0.25, 0.3) is 5.56 Å². The van der Waals surface area contributed by atoms with E-state index in [4.69, 9.17) is 9.72 Å². The predicted octanol–water partition coefficient (Wildman–Crippen LogP) is 4.71. The van der Waals surface area contributed by atoms with E-state index in [2.05, 4.69) is 41.5 Å². The van der Waals surface area contributed by atoms with E-state index < -0.39 is 0 Å². The van der Waals surface area contributed by atoms with Crippen molar-refractivity contribution in [3.63, 3.8) is 0 Å². The van der Waals surface area contributed by atoms with Crippen LogP contribution in [0.25, 0.3) is 5.65 Å². The number of benzene rings is 1. The van der Waals surface area contributed by atoms with Crippen molar-refractivity contribution in [1.29, 1.82) is 0 Å². The minimum Gasteiger partial charge on any atom is -0.497 e. The molecule has 3 aromatic heterocycles. The number of rotatable bonds is 8. The Morgan fingerprint density at radius 2 is 1.94 bits per heavy atom. The highest BCUT2D eigenvalue weighted by atomic mass is 32.1. The molecule has 160 valence electrons. The molecule has 0 unspecified atom stereocenters. The van der Waals surface area contributed by atoms with Gasteiger partial charge in [-0.1, -0.05) is 24.3 Å². The lowest BCUT2D eigenvalue weighted by Gasteiger charge is -2.29. The number of pyridine rings is 1. The minimum absolute atomic E-state index is 0.0426. The van der Waals surface area contributed by atoms with Gasteiger partial charge >= 0.3 is 0 Å². The van der Waals surface area contributed by atoms with Crippen LogP contribution in [-0.4, -0.2) is 27.4 Å². The summed E-state index contributed by atoms with van der Waals surface area (Å²) in [4.78, 5) is 21.2. The summed E-state index contributed by atoms with van der Waals surface area (Å²) in [5.41, 5.74) is 3.67. The Kier molecular flexibility index (Phi) is 6.49. The Morgan fingerprint density at radius 3 is 2.65 bits per heavy atom. The maximum atomic E-state index is 12.7. The zero-order valence-corrected chi connectivity index (χ0v) is 18.9. The third-order valence-corrected chi connectivity index (χ3v) is 6.37. The maximum Gasteiger partial charge on any atom is 0.258 e. The number of aryl methyl sites for hydroxylation is 1. The van der Waals surface area contributed by atoms with Gasteiger partial charge in [0.15, 0.2) is 0 Å². The summed E-state index contributed by atoms with van der Waals surface area (Å²) in [5.74, 6) is 0.849. The molecule has 4 aromatic rings. The van der Waals surface area contributed by atoms with Crippen molar-refractivity contribution in [2.45, 2.75) is 39.4 Å². The second-order valence-electron chi connectivity index (χ2n) is 7.91. The largest absolute Gasteiger partial charge is 0.497 e. The smallest absolute Gasteiger partial charge is 0.258 e. The van der Waals surface area contributed by atoms with Crippen LogP contribution in [0, 0.1) is 6.92 Å². The Balaban J connectivity index is 1.61. The van der Waals surface area contributed by atoms with Crippen LogP contribution < -0.4 is 10.3 Å². The van der Waals surface area contributed by atoms with Crippen molar-refractivity contribution in [1.82, 2.24) is 14.3 Å². The number of aromatic nitrogens is 2. The Morgan fingerprint density at radius 1 is 1.13 bits per heavy atom. The highest BCUT2D eigenvalue weighted by Gasteiger charge is 2.18.